The lowest BCUT2D eigenvalue weighted by Gasteiger charge is -2.15. The van der Waals surface area contributed by atoms with Gasteiger partial charge in [-0.1, -0.05) is 20.8 Å². The Balaban J connectivity index is 1.74. The van der Waals surface area contributed by atoms with E-state index in [0.29, 0.717) is 25.3 Å². The number of carbonyl (C=O) groups excluding carboxylic acids is 2. The third-order valence-electron chi connectivity index (χ3n) is 4.85. The van der Waals surface area contributed by atoms with E-state index in [1.807, 2.05) is 6.92 Å². The van der Waals surface area contributed by atoms with Crippen LogP contribution < -0.4 is 15.4 Å². The van der Waals surface area contributed by atoms with Gasteiger partial charge in [0, 0.05) is 18.4 Å². The standard InChI is InChI=1S/C16H29N3O4S/c1-10(2)15(20)19-24(22,23)14-7-13(14)6-11(3)16(21)18-9-12-4-5-17-8-12/h10-14,17H,4-9H2,1-3H3,(H,18,21)(H,19,20)/t11?,12?,13-,14?/m0/s1. The maximum Gasteiger partial charge on any atom is 0.238 e. The zero-order valence-electron chi connectivity index (χ0n) is 14.7. The van der Waals surface area contributed by atoms with Crippen LogP contribution in [0, 0.1) is 23.7 Å². The second-order valence-corrected chi connectivity index (χ2v) is 9.34. The largest absolute Gasteiger partial charge is 0.356 e. The van der Waals surface area contributed by atoms with Gasteiger partial charge in [-0.25, -0.2) is 8.42 Å². The minimum absolute atomic E-state index is 0.0174. The summed E-state index contributed by atoms with van der Waals surface area (Å²) in [7, 11) is -3.62. The van der Waals surface area contributed by atoms with Crippen LogP contribution in [0.5, 0.6) is 0 Å². The summed E-state index contributed by atoms with van der Waals surface area (Å²) < 4.78 is 26.4. The van der Waals surface area contributed by atoms with Gasteiger partial charge in [-0.15, -0.1) is 0 Å². The molecule has 1 aliphatic carbocycles. The average Bonchev–Trinajstić information content (AvgIpc) is 3.09. The molecule has 1 aliphatic heterocycles. The first kappa shape index (κ1) is 19.2. The third kappa shape index (κ3) is 5.17. The molecular formula is C16H29N3O4S. The van der Waals surface area contributed by atoms with Crippen molar-refractivity contribution in [1.82, 2.24) is 15.4 Å². The fraction of sp³-hybridized carbons (Fsp3) is 0.875. The summed E-state index contributed by atoms with van der Waals surface area (Å²) in [6, 6.07) is 0. The number of nitrogens with one attached hydrogen (secondary N) is 3. The van der Waals surface area contributed by atoms with Crippen molar-refractivity contribution in [2.75, 3.05) is 19.6 Å². The van der Waals surface area contributed by atoms with Crippen molar-refractivity contribution in [3.63, 3.8) is 0 Å². The van der Waals surface area contributed by atoms with Crippen LogP contribution in [0.2, 0.25) is 0 Å². The predicted octanol–water partition coefficient (Wildman–Crippen LogP) is 0.229. The predicted molar refractivity (Wildman–Crippen MR) is 91.6 cm³/mol. The Bertz CT molecular complexity index is 570. The van der Waals surface area contributed by atoms with Gasteiger partial charge in [0.2, 0.25) is 21.8 Å². The van der Waals surface area contributed by atoms with Gasteiger partial charge in [0.15, 0.2) is 0 Å². The smallest absolute Gasteiger partial charge is 0.238 e. The molecule has 2 amide bonds. The van der Waals surface area contributed by atoms with Crippen LogP contribution >= 0.6 is 0 Å². The van der Waals surface area contributed by atoms with Crippen molar-refractivity contribution in [2.24, 2.45) is 23.7 Å². The highest BCUT2D eigenvalue weighted by Crippen LogP contribution is 2.41. The van der Waals surface area contributed by atoms with Crippen LogP contribution in [0.4, 0.5) is 0 Å². The average molecular weight is 359 g/mol. The lowest BCUT2D eigenvalue weighted by molar-refractivity contribution is -0.125. The van der Waals surface area contributed by atoms with Gasteiger partial charge in [0.25, 0.3) is 0 Å². The van der Waals surface area contributed by atoms with Crippen molar-refractivity contribution in [3.8, 4) is 0 Å². The Hall–Kier alpha value is -1.15. The van der Waals surface area contributed by atoms with E-state index in [4.69, 9.17) is 0 Å². The molecule has 1 heterocycles. The van der Waals surface area contributed by atoms with E-state index >= 15 is 0 Å². The highest BCUT2D eigenvalue weighted by Gasteiger charge is 2.48. The molecule has 0 aromatic rings. The van der Waals surface area contributed by atoms with Crippen LogP contribution in [0.25, 0.3) is 0 Å². The van der Waals surface area contributed by atoms with Crippen LogP contribution in [0.1, 0.15) is 40.0 Å². The topological polar surface area (TPSA) is 104 Å². The summed E-state index contributed by atoms with van der Waals surface area (Å²) in [5, 5.41) is 5.67. The molecule has 3 N–H and O–H groups in total. The minimum atomic E-state index is -3.62. The third-order valence-corrected chi connectivity index (χ3v) is 6.71. The Labute approximate surface area is 144 Å². The first-order chi connectivity index (χ1) is 11.2. The summed E-state index contributed by atoms with van der Waals surface area (Å²) in [6.07, 6.45) is 2.13. The van der Waals surface area contributed by atoms with E-state index in [2.05, 4.69) is 15.4 Å². The molecule has 3 unspecified atom stereocenters. The number of carbonyl (C=O) groups is 2. The maximum atomic E-state index is 12.1. The van der Waals surface area contributed by atoms with E-state index in [9.17, 15) is 18.0 Å². The Morgan fingerprint density at radius 3 is 2.50 bits per heavy atom. The van der Waals surface area contributed by atoms with Gasteiger partial charge in [0.1, 0.15) is 0 Å². The van der Waals surface area contributed by atoms with Crippen LogP contribution in [0.3, 0.4) is 0 Å². The van der Waals surface area contributed by atoms with E-state index in [-0.39, 0.29) is 23.7 Å². The zero-order chi connectivity index (χ0) is 17.9. The minimum Gasteiger partial charge on any atom is -0.356 e. The van der Waals surface area contributed by atoms with E-state index in [1.165, 1.54) is 0 Å². The maximum absolute atomic E-state index is 12.1. The van der Waals surface area contributed by atoms with E-state index < -0.39 is 21.2 Å². The van der Waals surface area contributed by atoms with Crippen LogP contribution in [0.15, 0.2) is 0 Å². The molecule has 2 rings (SSSR count). The van der Waals surface area contributed by atoms with Gasteiger partial charge in [-0.3, -0.25) is 14.3 Å². The number of rotatable bonds is 8. The van der Waals surface area contributed by atoms with Gasteiger partial charge >= 0.3 is 0 Å². The van der Waals surface area contributed by atoms with Gasteiger partial charge in [0.05, 0.1) is 5.25 Å². The van der Waals surface area contributed by atoms with Crippen LogP contribution in [-0.4, -0.2) is 45.1 Å². The normalized spacial score (nSPS) is 27.8. The summed E-state index contributed by atoms with van der Waals surface area (Å²) in [5.41, 5.74) is 0. The number of hydrogen-bond acceptors (Lipinski definition) is 5. The fourth-order valence-electron chi connectivity index (χ4n) is 3.05. The van der Waals surface area contributed by atoms with Crippen molar-refractivity contribution >= 4 is 21.8 Å². The van der Waals surface area contributed by atoms with Gasteiger partial charge in [-0.05, 0) is 44.2 Å². The number of amides is 2. The van der Waals surface area contributed by atoms with Gasteiger partial charge < -0.3 is 10.6 Å². The van der Waals surface area contributed by atoms with Crippen LogP contribution in [-0.2, 0) is 19.6 Å². The molecule has 1 saturated heterocycles. The number of sulfonamides is 1. The second-order valence-electron chi connectivity index (χ2n) is 7.44. The molecule has 138 valence electrons. The molecule has 7 nitrogen and oxygen atoms in total. The molecule has 8 heteroatoms. The second kappa shape index (κ2) is 7.82. The monoisotopic (exact) mass is 359 g/mol. The molecule has 0 spiro atoms. The lowest BCUT2D eigenvalue weighted by Crippen LogP contribution is -2.37. The summed E-state index contributed by atoms with van der Waals surface area (Å²) in [5.74, 6) is -0.636. The Morgan fingerprint density at radius 2 is 1.92 bits per heavy atom. The van der Waals surface area contributed by atoms with Crippen molar-refractivity contribution < 1.29 is 18.0 Å². The highest BCUT2D eigenvalue weighted by atomic mass is 32.2. The SMILES string of the molecule is CC(C)C(=O)NS(=O)(=O)C1C[C@@H]1CC(C)C(=O)NCC1CCNC1. The molecule has 1 saturated carbocycles. The van der Waals surface area contributed by atoms with Gasteiger partial charge in [-0.2, -0.15) is 0 Å². The quantitative estimate of drug-likeness (QED) is 0.575. The molecule has 0 aromatic heterocycles. The molecule has 0 radical (unpaired) electrons. The Morgan fingerprint density at radius 1 is 1.21 bits per heavy atom. The van der Waals surface area contributed by atoms with Crippen molar-refractivity contribution in [3.05, 3.63) is 0 Å². The lowest BCUT2D eigenvalue weighted by atomic mass is 10.0. The van der Waals surface area contributed by atoms with Crippen molar-refractivity contribution in [1.29, 1.82) is 0 Å². The van der Waals surface area contributed by atoms with E-state index in [1.54, 1.807) is 13.8 Å². The molecule has 4 atom stereocenters. The first-order valence-corrected chi connectivity index (χ1v) is 10.3. The van der Waals surface area contributed by atoms with Crippen molar-refractivity contribution in [2.45, 2.75) is 45.3 Å². The molecule has 24 heavy (non-hydrogen) atoms. The molecule has 2 aliphatic rings. The summed E-state index contributed by atoms with van der Waals surface area (Å²) >= 11 is 0. The summed E-state index contributed by atoms with van der Waals surface area (Å²) in [4.78, 5) is 23.7. The summed E-state index contributed by atoms with van der Waals surface area (Å²) in [6.45, 7) is 7.75. The first-order valence-electron chi connectivity index (χ1n) is 8.74. The zero-order valence-corrected chi connectivity index (χ0v) is 15.5. The Kier molecular flexibility index (Phi) is 6.25. The molecule has 0 aromatic carbocycles. The number of hydrogen-bond donors (Lipinski definition) is 3. The molecule has 0 bridgehead atoms. The fourth-order valence-corrected chi connectivity index (χ4v) is 4.84. The molecule has 2 fully saturated rings. The highest BCUT2D eigenvalue weighted by molar-refractivity contribution is 7.91. The van der Waals surface area contributed by atoms with E-state index in [0.717, 1.165) is 19.5 Å². The molecular weight excluding hydrogens is 330 g/mol.